The Morgan fingerprint density at radius 3 is 2.81 bits per heavy atom. The zero-order chi connectivity index (χ0) is 22.3. The van der Waals surface area contributed by atoms with Crippen LogP contribution < -0.4 is 15.0 Å². The molecule has 0 radical (unpaired) electrons. The summed E-state index contributed by atoms with van der Waals surface area (Å²) in [5.74, 6) is 0.742. The van der Waals surface area contributed by atoms with Crippen molar-refractivity contribution in [3.8, 4) is 11.5 Å². The van der Waals surface area contributed by atoms with E-state index in [9.17, 15) is 13.6 Å². The Morgan fingerprint density at radius 1 is 1.35 bits per heavy atom. The van der Waals surface area contributed by atoms with Gasteiger partial charge in [0.2, 0.25) is 0 Å². The molecule has 2 aliphatic rings. The van der Waals surface area contributed by atoms with Crippen LogP contribution in [0.2, 0.25) is 0 Å². The van der Waals surface area contributed by atoms with Crippen LogP contribution in [0.1, 0.15) is 56.0 Å². The molecule has 2 aromatic rings. The molecule has 0 spiro atoms. The summed E-state index contributed by atoms with van der Waals surface area (Å²) in [6.07, 6.45) is 1.53. The van der Waals surface area contributed by atoms with Gasteiger partial charge in [0, 0.05) is 6.61 Å². The van der Waals surface area contributed by atoms with Crippen molar-refractivity contribution in [2.24, 2.45) is 4.99 Å². The Kier molecular flexibility index (Phi) is 5.87. The number of benzene rings is 1. The summed E-state index contributed by atoms with van der Waals surface area (Å²) in [6.45, 7) is 3.62. The number of ether oxygens (including phenoxy) is 3. The molecule has 168 valence electrons. The fraction of sp³-hybridized carbons (Fsp3) is 0.524. The molecule has 0 bridgehead atoms. The zero-order valence-corrected chi connectivity index (χ0v) is 18.6. The molecule has 2 atom stereocenters. The SMILES string of the molecule is COc1cc([C@@H]2SC(C)=Nc3c2c(=O)[nH]n3[C@@H]2CCOC(C)(C)C2)ccc1OC(F)F. The van der Waals surface area contributed by atoms with E-state index in [-0.39, 0.29) is 34.0 Å². The molecule has 0 aliphatic carbocycles. The highest BCUT2D eigenvalue weighted by atomic mass is 32.2. The van der Waals surface area contributed by atoms with Gasteiger partial charge in [-0.05, 0) is 51.3 Å². The molecular formula is C21H25F2N3O4S. The molecule has 1 fully saturated rings. The van der Waals surface area contributed by atoms with Gasteiger partial charge in [-0.1, -0.05) is 17.8 Å². The molecule has 3 heterocycles. The van der Waals surface area contributed by atoms with E-state index in [0.717, 1.165) is 23.4 Å². The van der Waals surface area contributed by atoms with Gasteiger partial charge in [0.05, 0.1) is 34.6 Å². The lowest BCUT2D eigenvalue weighted by Gasteiger charge is -2.36. The average molecular weight is 454 g/mol. The number of H-pyrrole nitrogens is 1. The monoisotopic (exact) mass is 453 g/mol. The Hall–Kier alpha value is -2.33. The number of nitrogens with zero attached hydrogens (tertiary/aromatic N) is 2. The molecule has 1 N–H and O–H groups in total. The van der Waals surface area contributed by atoms with E-state index in [1.165, 1.54) is 24.9 Å². The summed E-state index contributed by atoms with van der Waals surface area (Å²) in [4.78, 5) is 17.7. The zero-order valence-electron chi connectivity index (χ0n) is 17.8. The van der Waals surface area contributed by atoms with Crippen molar-refractivity contribution in [2.45, 2.75) is 57.1 Å². The van der Waals surface area contributed by atoms with Crippen LogP contribution in [-0.2, 0) is 4.74 Å². The first kappa shape index (κ1) is 21.9. The standard InChI is InChI=1S/C21H25F2N3O4S/c1-11-24-18-16(19(27)25-26(18)13-7-8-29-21(2,3)10-13)17(31-11)12-5-6-14(30-20(22)23)15(9-12)28-4/h5-6,9,13,17,20H,7-8,10H2,1-4H3,(H,25,27)/t13-,17+/m1/s1. The molecule has 7 nitrogen and oxygen atoms in total. The lowest BCUT2D eigenvalue weighted by molar-refractivity contribution is -0.0705. The first-order valence-corrected chi connectivity index (χ1v) is 10.9. The minimum atomic E-state index is -2.95. The van der Waals surface area contributed by atoms with Crippen molar-refractivity contribution in [3.05, 3.63) is 39.7 Å². The fourth-order valence-corrected chi connectivity index (χ4v) is 5.26. The number of nitrogens with one attached hydrogen (secondary N) is 1. The van der Waals surface area contributed by atoms with Gasteiger partial charge in [-0.15, -0.1) is 0 Å². The maximum absolute atomic E-state index is 13.0. The summed E-state index contributed by atoms with van der Waals surface area (Å²) < 4.78 is 42.8. The summed E-state index contributed by atoms with van der Waals surface area (Å²) in [7, 11) is 1.39. The summed E-state index contributed by atoms with van der Waals surface area (Å²) >= 11 is 1.44. The number of halogens is 2. The van der Waals surface area contributed by atoms with Gasteiger partial charge in [0.25, 0.3) is 5.56 Å². The number of hydrogen-bond donors (Lipinski definition) is 1. The van der Waals surface area contributed by atoms with E-state index in [2.05, 4.69) is 14.8 Å². The fourth-order valence-electron chi connectivity index (χ4n) is 4.17. The third-order valence-corrected chi connectivity index (χ3v) is 6.67. The number of hydrogen-bond acceptors (Lipinski definition) is 6. The highest BCUT2D eigenvalue weighted by molar-refractivity contribution is 8.14. The van der Waals surface area contributed by atoms with Gasteiger partial charge in [-0.2, -0.15) is 8.78 Å². The normalized spacial score (nSPS) is 22.7. The first-order valence-electron chi connectivity index (χ1n) is 10.0. The lowest BCUT2D eigenvalue weighted by atomic mass is 9.94. The Morgan fingerprint density at radius 2 is 2.13 bits per heavy atom. The van der Waals surface area contributed by atoms with Gasteiger partial charge in [-0.25, -0.2) is 4.99 Å². The number of thioether (sulfide) groups is 1. The minimum absolute atomic E-state index is 0.0522. The van der Waals surface area contributed by atoms with Crippen molar-refractivity contribution < 1.29 is 23.0 Å². The molecule has 1 saturated heterocycles. The Labute approximate surface area is 182 Å². The van der Waals surface area contributed by atoms with Crippen molar-refractivity contribution in [3.63, 3.8) is 0 Å². The highest BCUT2D eigenvalue weighted by Crippen LogP contribution is 2.47. The number of methoxy groups -OCH3 is 1. The van der Waals surface area contributed by atoms with Gasteiger partial charge >= 0.3 is 6.61 Å². The van der Waals surface area contributed by atoms with Crippen LogP contribution >= 0.6 is 11.8 Å². The predicted octanol–water partition coefficient (Wildman–Crippen LogP) is 4.80. The number of alkyl halides is 2. The van der Waals surface area contributed by atoms with Crippen LogP contribution in [-0.4, -0.2) is 40.8 Å². The number of rotatable bonds is 5. The Bertz CT molecular complexity index is 1060. The topological polar surface area (TPSA) is 77.8 Å². The predicted molar refractivity (Wildman–Crippen MR) is 115 cm³/mol. The molecule has 1 aromatic carbocycles. The quantitative estimate of drug-likeness (QED) is 0.704. The smallest absolute Gasteiger partial charge is 0.387 e. The van der Waals surface area contributed by atoms with Crippen molar-refractivity contribution in [1.82, 2.24) is 9.78 Å². The van der Waals surface area contributed by atoms with Crippen LogP contribution in [0.15, 0.2) is 28.0 Å². The number of aliphatic imine (C=N–C) groups is 1. The van der Waals surface area contributed by atoms with Gasteiger partial charge in [0.1, 0.15) is 0 Å². The van der Waals surface area contributed by atoms with Crippen LogP contribution in [0.25, 0.3) is 0 Å². The van der Waals surface area contributed by atoms with Gasteiger partial charge in [0.15, 0.2) is 17.3 Å². The summed E-state index contributed by atoms with van der Waals surface area (Å²) in [6, 6.07) is 4.81. The molecule has 31 heavy (non-hydrogen) atoms. The second-order valence-electron chi connectivity index (χ2n) is 8.22. The van der Waals surface area contributed by atoms with Gasteiger partial charge < -0.3 is 14.2 Å². The highest BCUT2D eigenvalue weighted by Gasteiger charge is 2.36. The van der Waals surface area contributed by atoms with Crippen LogP contribution in [0.4, 0.5) is 14.6 Å². The summed E-state index contributed by atoms with van der Waals surface area (Å²) in [5, 5.41) is 3.44. The maximum atomic E-state index is 13.0. The van der Waals surface area contributed by atoms with Crippen LogP contribution in [0.3, 0.4) is 0 Å². The second kappa shape index (κ2) is 8.31. The van der Waals surface area contributed by atoms with E-state index < -0.39 is 6.61 Å². The molecule has 1 aromatic heterocycles. The molecule has 4 rings (SSSR count). The van der Waals surface area contributed by atoms with E-state index in [1.54, 1.807) is 12.1 Å². The van der Waals surface area contributed by atoms with E-state index in [1.807, 2.05) is 25.5 Å². The number of aromatic amines is 1. The van der Waals surface area contributed by atoms with Crippen molar-refractivity contribution >= 4 is 22.6 Å². The van der Waals surface area contributed by atoms with Gasteiger partial charge in [-0.3, -0.25) is 14.6 Å². The second-order valence-corrected chi connectivity index (χ2v) is 9.52. The van der Waals surface area contributed by atoms with E-state index in [4.69, 9.17) is 9.47 Å². The van der Waals surface area contributed by atoms with Crippen molar-refractivity contribution in [2.75, 3.05) is 13.7 Å². The van der Waals surface area contributed by atoms with Crippen LogP contribution in [0, 0.1) is 0 Å². The third kappa shape index (κ3) is 4.36. The summed E-state index contributed by atoms with van der Waals surface area (Å²) in [5.41, 5.74) is 0.797. The van der Waals surface area contributed by atoms with E-state index >= 15 is 0 Å². The molecular weight excluding hydrogens is 428 g/mol. The maximum Gasteiger partial charge on any atom is 0.387 e. The molecule has 10 heteroatoms. The third-order valence-electron chi connectivity index (χ3n) is 5.49. The van der Waals surface area contributed by atoms with Crippen LogP contribution in [0.5, 0.6) is 11.5 Å². The van der Waals surface area contributed by atoms with Crippen molar-refractivity contribution in [1.29, 1.82) is 0 Å². The average Bonchev–Trinajstić information content (AvgIpc) is 3.03. The lowest BCUT2D eigenvalue weighted by Crippen LogP contribution is -2.35. The Balaban J connectivity index is 1.75. The minimum Gasteiger partial charge on any atom is -0.493 e. The molecule has 0 saturated carbocycles. The van der Waals surface area contributed by atoms with E-state index in [0.29, 0.717) is 18.0 Å². The number of aromatic nitrogens is 2. The molecule has 0 unspecified atom stereocenters. The molecule has 2 aliphatic heterocycles. The number of fused-ring (bicyclic) bond motifs is 1. The molecule has 0 amide bonds. The largest absolute Gasteiger partial charge is 0.493 e. The first-order chi connectivity index (χ1) is 14.7.